The van der Waals surface area contributed by atoms with Crippen molar-refractivity contribution in [3.63, 3.8) is 0 Å². The Morgan fingerprint density at radius 2 is 2.17 bits per heavy atom. The molecule has 1 aliphatic rings. The van der Waals surface area contributed by atoms with Gasteiger partial charge in [-0.3, -0.25) is 0 Å². The molecule has 122 valence electrons. The normalized spacial score (nSPS) is 16.4. The van der Waals surface area contributed by atoms with Gasteiger partial charge in [-0.2, -0.15) is 5.10 Å². The topological polar surface area (TPSA) is 71.8 Å². The molecule has 1 aliphatic heterocycles. The number of carbonyl (C=O) groups excluding carboxylic acids is 1. The molecule has 1 atom stereocenters. The van der Waals surface area contributed by atoms with Crippen LogP contribution in [0.2, 0.25) is 0 Å². The molecule has 6 nitrogen and oxygen atoms in total. The monoisotopic (exact) mass is 339 g/mol. The van der Waals surface area contributed by atoms with Crippen LogP contribution in [0.15, 0.2) is 48.1 Å². The van der Waals surface area contributed by atoms with E-state index in [2.05, 4.69) is 20.7 Å². The van der Waals surface area contributed by atoms with E-state index in [9.17, 15) is 4.79 Å². The minimum Gasteiger partial charge on any atom is -0.328 e. The Kier molecular flexibility index (Phi) is 4.00. The predicted octanol–water partition coefficient (Wildman–Crippen LogP) is 3.66. The summed E-state index contributed by atoms with van der Waals surface area (Å²) in [5.41, 5.74) is 1.82. The number of hydrogen-bond acceptors (Lipinski definition) is 4. The van der Waals surface area contributed by atoms with Gasteiger partial charge in [0.05, 0.1) is 11.7 Å². The first-order valence-corrected chi connectivity index (χ1v) is 8.77. The Morgan fingerprint density at radius 3 is 3.04 bits per heavy atom. The zero-order valence-electron chi connectivity index (χ0n) is 13.0. The maximum Gasteiger partial charge on any atom is 0.319 e. The van der Waals surface area contributed by atoms with E-state index in [1.165, 1.54) is 0 Å². The lowest BCUT2D eigenvalue weighted by Gasteiger charge is -2.23. The SMILES string of the molecule is O=C(Nc1ccccc1-c1cccs1)NC1CCCn2ncnc21. The van der Waals surface area contributed by atoms with E-state index < -0.39 is 0 Å². The van der Waals surface area contributed by atoms with Gasteiger partial charge < -0.3 is 10.6 Å². The number of nitrogens with zero attached hydrogens (tertiary/aromatic N) is 3. The number of amides is 2. The Bertz CT molecular complexity index is 842. The first kappa shape index (κ1) is 14.9. The molecule has 2 amide bonds. The van der Waals surface area contributed by atoms with Gasteiger partial charge in [-0.1, -0.05) is 24.3 Å². The summed E-state index contributed by atoms with van der Waals surface area (Å²) in [5, 5.41) is 12.2. The van der Waals surface area contributed by atoms with Crippen molar-refractivity contribution in [3.05, 3.63) is 53.9 Å². The van der Waals surface area contributed by atoms with E-state index in [4.69, 9.17) is 0 Å². The second kappa shape index (κ2) is 6.45. The molecular formula is C17H17N5OS. The largest absolute Gasteiger partial charge is 0.328 e. The molecule has 0 saturated carbocycles. The van der Waals surface area contributed by atoms with Crippen molar-refractivity contribution in [3.8, 4) is 10.4 Å². The van der Waals surface area contributed by atoms with Crippen LogP contribution in [0.4, 0.5) is 10.5 Å². The summed E-state index contributed by atoms with van der Waals surface area (Å²) in [7, 11) is 0. The summed E-state index contributed by atoms with van der Waals surface area (Å²) < 4.78 is 1.86. The third kappa shape index (κ3) is 2.90. The summed E-state index contributed by atoms with van der Waals surface area (Å²) in [6.07, 6.45) is 3.39. The molecule has 3 heterocycles. The lowest BCUT2D eigenvalue weighted by atomic mass is 10.1. The second-order valence-electron chi connectivity index (χ2n) is 5.66. The molecule has 24 heavy (non-hydrogen) atoms. The molecule has 7 heteroatoms. The molecular weight excluding hydrogens is 322 g/mol. The van der Waals surface area contributed by atoms with Crippen molar-refractivity contribution in [2.24, 2.45) is 0 Å². The van der Waals surface area contributed by atoms with Gasteiger partial charge >= 0.3 is 6.03 Å². The average Bonchev–Trinajstić information content (AvgIpc) is 3.27. The van der Waals surface area contributed by atoms with Gasteiger partial charge in [0.25, 0.3) is 0 Å². The van der Waals surface area contributed by atoms with E-state index in [0.717, 1.165) is 41.3 Å². The van der Waals surface area contributed by atoms with Crippen LogP contribution in [-0.4, -0.2) is 20.8 Å². The number of aromatic nitrogens is 3. The third-order valence-corrected chi connectivity index (χ3v) is 4.99. The van der Waals surface area contributed by atoms with Crippen LogP contribution < -0.4 is 10.6 Å². The zero-order valence-corrected chi connectivity index (χ0v) is 13.8. The summed E-state index contributed by atoms with van der Waals surface area (Å²) >= 11 is 1.65. The van der Waals surface area contributed by atoms with Crippen LogP contribution in [0.5, 0.6) is 0 Å². The fourth-order valence-electron chi connectivity index (χ4n) is 2.98. The van der Waals surface area contributed by atoms with Crippen LogP contribution in [0.3, 0.4) is 0 Å². The van der Waals surface area contributed by atoms with E-state index in [0.29, 0.717) is 0 Å². The molecule has 3 aromatic rings. The van der Waals surface area contributed by atoms with E-state index >= 15 is 0 Å². The molecule has 4 rings (SSSR count). The van der Waals surface area contributed by atoms with E-state index in [-0.39, 0.29) is 12.1 Å². The van der Waals surface area contributed by atoms with Crippen LogP contribution in [0, 0.1) is 0 Å². The number of urea groups is 1. The zero-order chi connectivity index (χ0) is 16.4. The average molecular weight is 339 g/mol. The Hall–Kier alpha value is -2.67. The third-order valence-electron chi connectivity index (χ3n) is 4.09. The number of para-hydroxylation sites is 1. The number of rotatable bonds is 3. The Labute approximate surface area is 143 Å². The minimum absolute atomic E-state index is 0.102. The molecule has 0 saturated heterocycles. The molecule has 1 aromatic carbocycles. The number of carbonyl (C=O) groups is 1. The van der Waals surface area contributed by atoms with Crippen molar-refractivity contribution >= 4 is 23.1 Å². The number of nitrogens with one attached hydrogen (secondary N) is 2. The number of benzene rings is 1. The smallest absolute Gasteiger partial charge is 0.319 e. The van der Waals surface area contributed by atoms with Gasteiger partial charge in [0.1, 0.15) is 12.2 Å². The number of fused-ring (bicyclic) bond motifs is 1. The molecule has 0 fully saturated rings. The minimum atomic E-state index is -0.222. The van der Waals surface area contributed by atoms with Crippen molar-refractivity contribution in [2.45, 2.75) is 25.4 Å². The van der Waals surface area contributed by atoms with Crippen molar-refractivity contribution < 1.29 is 4.79 Å². The highest BCUT2D eigenvalue weighted by Gasteiger charge is 2.24. The first-order valence-electron chi connectivity index (χ1n) is 7.89. The van der Waals surface area contributed by atoms with Crippen molar-refractivity contribution in [2.75, 3.05) is 5.32 Å². The van der Waals surface area contributed by atoms with Crippen LogP contribution in [-0.2, 0) is 6.54 Å². The lowest BCUT2D eigenvalue weighted by molar-refractivity contribution is 0.244. The maximum absolute atomic E-state index is 12.5. The standard InChI is InChI=1S/C17H17N5OS/c23-17(21-14-7-3-9-22-16(14)18-11-19-22)20-13-6-2-1-5-12(13)15-8-4-10-24-15/h1-2,4-6,8,10-11,14H,3,7,9H2,(H2,20,21,23). The Balaban J connectivity index is 1.50. The van der Waals surface area contributed by atoms with Gasteiger partial charge in [-0.25, -0.2) is 14.5 Å². The summed E-state index contributed by atoms with van der Waals surface area (Å²) in [5.74, 6) is 0.822. The maximum atomic E-state index is 12.5. The van der Waals surface area contributed by atoms with Gasteiger partial charge in [-0.05, 0) is 30.4 Å². The highest BCUT2D eigenvalue weighted by atomic mass is 32.1. The number of hydrogen-bond donors (Lipinski definition) is 2. The van der Waals surface area contributed by atoms with Gasteiger partial charge in [0.15, 0.2) is 0 Å². The van der Waals surface area contributed by atoms with E-state index in [1.807, 2.05) is 46.5 Å². The summed E-state index contributed by atoms with van der Waals surface area (Å²) in [6.45, 7) is 0.857. The lowest BCUT2D eigenvalue weighted by Crippen LogP contribution is -2.36. The quantitative estimate of drug-likeness (QED) is 0.765. The highest BCUT2D eigenvalue weighted by molar-refractivity contribution is 7.13. The fourth-order valence-corrected chi connectivity index (χ4v) is 3.75. The Morgan fingerprint density at radius 1 is 1.25 bits per heavy atom. The predicted molar refractivity (Wildman–Crippen MR) is 93.9 cm³/mol. The molecule has 0 radical (unpaired) electrons. The van der Waals surface area contributed by atoms with Crippen LogP contribution in [0.25, 0.3) is 10.4 Å². The number of anilines is 1. The van der Waals surface area contributed by atoms with Crippen molar-refractivity contribution in [1.82, 2.24) is 20.1 Å². The molecule has 0 bridgehead atoms. The number of thiophene rings is 1. The molecule has 0 aliphatic carbocycles. The van der Waals surface area contributed by atoms with Gasteiger partial charge in [0.2, 0.25) is 0 Å². The molecule has 1 unspecified atom stereocenters. The molecule has 2 aromatic heterocycles. The van der Waals surface area contributed by atoms with Crippen molar-refractivity contribution in [1.29, 1.82) is 0 Å². The summed E-state index contributed by atoms with van der Waals surface area (Å²) in [6, 6.07) is 11.6. The molecule has 2 N–H and O–H groups in total. The van der Waals surface area contributed by atoms with Crippen LogP contribution >= 0.6 is 11.3 Å². The first-order chi connectivity index (χ1) is 11.8. The van der Waals surface area contributed by atoms with Crippen LogP contribution in [0.1, 0.15) is 24.7 Å². The van der Waals surface area contributed by atoms with E-state index in [1.54, 1.807) is 17.7 Å². The van der Waals surface area contributed by atoms with Gasteiger partial charge in [0, 0.05) is 17.0 Å². The highest BCUT2D eigenvalue weighted by Crippen LogP contribution is 2.31. The molecule has 0 spiro atoms. The van der Waals surface area contributed by atoms with Gasteiger partial charge in [-0.15, -0.1) is 11.3 Å². The number of aryl methyl sites for hydroxylation is 1. The fraction of sp³-hybridized carbons (Fsp3) is 0.235. The second-order valence-corrected chi connectivity index (χ2v) is 6.61. The summed E-state index contributed by atoms with van der Waals surface area (Å²) in [4.78, 5) is 17.9.